The van der Waals surface area contributed by atoms with E-state index in [9.17, 15) is 0 Å². The van der Waals surface area contributed by atoms with Gasteiger partial charge in [-0.2, -0.15) is 0 Å². The molecule has 0 fully saturated rings. The molecule has 0 atom stereocenters. The van der Waals surface area contributed by atoms with Gasteiger partial charge in [0.15, 0.2) is 0 Å². The van der Waals surface area contributed by atoms with Crippen LogP contribution in [0.5, 0.6) is 0 Å². The first kappa shape index (κ1) is 34.4. The Labute approximate surface area is 320 Å². The van der Waals surface area contributed by atoms with Crippen molar-refractivity contribution in [2.45, 2.75) is 27.7 Å². The van der Waals surface area contributed by atoms with Crippen molar-refractivity contribution in [3.63, 3.8) is 0 Å². The molecule has 0 aromatic heterocycles. The molecule has 0 aliphatic rings. The van der Waals surface area contributed by atoms with Gasteiger partial charge in [0.1, 0.15) is 0 Å². The van der Waals surface area contributed by atoms with Crippen molar-refractivity contribution < 1.29 is 0 Å². The van der Waals surface area contributed by atoms with Crippen molar-refractivity contribution in [1.82, 2.24) is 0 Å². The van der Waals surface area contributed by atoms with Crippen molar-refractivity contribution in [1.29, 1.82) is 0 Å². The summed E-state index contributed by atoms with van der Waals surface area (Å²) >= 11 is 0. The zero-order valence-electron chi connectivity index (χ0n) is 31.4. The molecular formula is C52H44N2. The summed E-state index contributed by atoms with van der Waals surface area (Å²) in [5, 5.41) is 0. The largest absolute Gasteiger partial charge is 0.310 e. The van der Waals surface area contributed by atoms with Crippen LogP contribution in [0.15, 0.2) is 194 Å². The second kappa shape index (κ2) is 15.1. The predicted octanol–water partition coefficient (Wildman–Crippen LogP) is 14.9. The lowest BCUT2D eigenvalue weighted by Gasteiger charge is -2.28. The van der Waals surface area contributed by atoms with Gasteiger partial charge in [-0.3, -0.25) is 0 Å². The first-order valence-electron chi connectivity index (χ1n) is 18.7. The Hall–Kier alpha value is -6.64. The average Bonchev–Trinajstić information content (AvgIpc) is 3.21. The zero-order chi connectivity index (χ0) is 37.0. The fourth-order valence-electron chi connectivity index (χ4n) is 7.44. The summed E-state index contributed by atoms with van der Waals surface area (Å²) < 4.78 is 0. The van der Waals surface area contributed by atoms with Crippen LogP contribution in [0, 0.1) is 27.7 Å². The smallest absolute Gasteiger partial charge is 0.0490 e. The second-order valence-electron chi connectivity index (χ2n) is 14.2. The monoisotopic (exact) mass is 696 g/mol. The van der Waals surface area contributed by atoms with Crippen LogP contribution >= 0.6 is 0 Å². The molecule has 0 N–H and O–H groups in total. The van der Waals surface area contributed by atoms with Gasteiger partial charge in [0.05, 0.1) is 0 Å². The van der Waals surface area contributed by atoms with Gasteiger partial charge in [0.2, 0.25) is 0 Å². The van der Waals surface area contributed by atoms with E-state index in [4.69, 9.17) is 0 Å². The van der Waals surface area contributed by atoms with Crippen LogP contribution in [0.3, 0.4) is 0 Å². The number of benzene rings is 8. The van der Waals surface area contributed by atoms with E-state index >= 15 is 0 Å². The minimum atomic E-state index is 1.12. The molecule has 0 aliphatic carbocycles. The Morgan fingerprint density at radius 2 is 0.519 bits per heavy atom. The molecule has 0 heterocycles. The average molecular weight is 697 g/mol. The quantitative estimate of drug-likeness (QED) is 0.148. The first-order valence-corrected chi connectivity index (χ1v) is 18.7. The third kappa shape index (κ3) is 7.20. The van der Waals surface area contributed by atoms with Crippen LogP contribution in [0.25, 0.3) is 33.4 Å². The molecule has 8 rings (SSSR count). The van der Waals surface area contributed by atoms with Crippen LogP contribution < -0.4 is 9.80 Å². The van der Waals surface area contributed by atoms with Crippen molar-refractivity contribution in [3.05, 3.63) is 216 Å². The molecule has 8 aromatic rings. The molecule has 0 amide bonds. The van der Waals surface area contributed by atoms with Crippen molar-refractivity contribution in [2.75, 3.05) is 9.80 Å². The van der Waals surface area contributed by atoms with Crippen LogP contribution in [0.1, 0.15) is 22.3 Å². The molecule has 54 heavy (non-hydrogen) atoms. The summed E-state index contributed by atoms with van der Waals surface area (Å²) in [5.41, 5.74) is 19.0. The Kier molecular flexibility index (Phi) is 9.66. The van der Waals surface area contributed by atoms with Gasteiger partial charge in [0, 0.05) is 34.1 Å². The Morgan fingerprint density at radius 3 is 0.778 bits per heavy atom. The zero-order valence-corrected chi connectivity index (χ0v) is 31.4. The predicted molar refractivity (Wildman–Crippen MR) is 231 cm³/mol. The van der Waals surface area contributed by atoms with Crippen molar-refractivity contribution in [3.8, 4) is 33.4 Å². The molecule has 2 heteroatoms. The highest BCUT2D eigenvalue weighted by Gasteiger charge is 2.17. The molecule has 0 bridgehead atoms. The maximum absolute atomic E-state index is 2.36. The Morgan fingerprint density at radius 1 is 0.259 bits per heavy atom. The number of hydrogen-bond donors (Lipinski definition) is 0. The van der Waals surface area contributed by atoms with Gasteiger partial charge in [-0.25, -0.2) is 0 Å². The summed E-state index contributed by atoms with van der Waals surface area (Å²) in [5.74, 6) is 0. The molecule has 0 aliphatic heterocycles. The van der Waals surface area contributed by atoms with E-state index in [1.54, 1.807) is 0 Å². The summed E-state index contributed by atoms with van der Waals surface area (Å²) in [6.07, 6.45) is 0. The molecule has 0 spiro atoms. The lowest BCUT2D eigenvalue weighted by atomic mass is 10.0. The van der Waals surface area contributed by atoms with Gasteiger partial charge in [-0.05, 0) is 133 Å². The highest BCUT2D eigenvalue weighted by molar-refractivity contribution is 5.83. The normalized spacial score (nSPS) is 11.0. The van der Waals surface area contributed by atoms with E-state index in [0.29, 0.717) is 0 Å². The lowest BCUT2D eigenvalue weighted by Crippen LogP contribution is -2.11. The minimum absolute atomic E-state index is 1.12. The fraction of sp³-hybridized carbons (Fsp3) is 0.0769. The van der Waals surface area contributed by atoms with Gasteiger partial charge in [-0.15, -0.1) is 0 Å². The molecular weight excluding hydrogens is 653 g/mol. The number of hydrogen-bond acceptors (Lipinski definition) is 2. The maximum atomic E-state index is 2.36. The van der Waals surface area contributed by atoms with E-state index < -0.39 is 0 Å². The molecule has 262 valence electrons. The summed E-state index contributed by atoms with van der Waals surface area (Å²) in [6.45, 7) is 8.70. The van der Waals surface area contributed by atoms with Crippen LogP contribution in [-0.2, 0) is 0 Å². The highest BCUT2D eigenvalue weighted by atomic mass is 15.1. The maximum Gasteiger partial charge on any atom is 0.0490 e. The fourth-order valence-corrected chi connectivity index (χ4v) is 7.44. The SMILES string of the molecule is Cc1ccc(N(c2ccc(-c3ccccc3)cc2)c2ccc(-c3ccc(N(c4ccc(-c5ccccc5)cc4)c4ccc(C)cc4C)cc3)cc2)c(C)c1. The molecule has 0 saturated carbocycles. The number of rotatable bonds is 9. The van der Waals surface area contributed by atoms with Gasteiger partial charge in [-0.1, -0.05) is 145 Å². The van der Waals surface area contributed by atoms with Gasteiger partial charge < -0.3 is 9.80 Å². The van der Waals surface area contributed by atoms with E-state index in [-0.39, 0.29) is 0 Å². The number of aryl methyl sites for hydroxylation is 4. The van der Waals surface area contributed by atoms with Gasteiger partial charge >= 0.3 is 0 Å². The summed E-state index contributed by atoms with van der Waals surface area (Å²) in [7, 11) is 0. The Balaban J connectivity index is 1.11. The Bertz CT molecular complexity index is 2300. The summed E-state index contributed by atoms with van der Waals surface area (Å²) in [6, 6.07) is 70.2. The summed E-state index contributed by atoms with van der Waals surface area (Å²) in [4.78, 5) is 4.72. The van der Waals surface area contributed by atoms with Crippen LogP contribution in [0.2, 0.25) is 0 Å². The molecule has 0 unspecified atom stereocenters. The second-order valence-corrected chi connectivity index (χ2v) is 14.2. The number of nitrogens with zero attached hydrogens (tertiary/aromatic N) is 2. The highest BCUT2D eigenvalue weighted by Crippen LogP contribution is 2.41. The van der Waals surface area contributed by atoms with Crippen LogP contribution in [-0.4, -0.2) is 0 Å². The molecule has 0 radical (unpaired) electrons. The molecule has 8 aromatic carbocycles. The lowest BCUT2D eigenvalue weighted by molar-refractivity contribution is 1.24. The van der Waals surface area contributed by atoms with Crippen LogP contribution in [0.4, 0.5) is 34.1 Å². The first-order chi connectivity index (χ1) is 26.4. The van der Waals surface area contributed by atoms with E-state index in [2.05, 4.69) is 232 Å². The van der Waals surface area contributed by atoms with E-state index in [0.717, 1.165) is 22.7 Å². The van der Waals surface area contributed by atoms with Crippen molar-refractivity contribution in [2.24, 2.45) is 0 Å². The third-order valence-electron chi connectivity index (χ3n) is 10.2. The topological polar surface area (TPSA) is 6.48 Å². The standard InChI is InChI=1S/C52H44N2/c1-37-15-33-51(39(3)35-37)53(47-25-17-43(18-26-47)41-11-7-5-8-12-41)49-29-21-45(22-30-49)46-23-31-50(32-24-46)54(52-34-16-38(2)36-40(52)4)48-27-19-44(20-28-48)42-13-9-6-10-14-42/h5-36H,1-4H3. The van der Waals surface area contributed by atoms with E-state index in [1.165, 1.54) is 67.0 Å². The van der Waals surface area contributed by atoms with Gasteiger partial charge in [0.25, 0.3) is 0 Å². The number of anilines is 6. The third-order valence-corrected chi connectivity index (χ3v) is 10.2. The molecule has 2 nitrogen and oxygen atoms in total. The minimum Gasteiger partial charge on any atom is -0.310 e. The van der Waals surface area contributed by atoms with E-state index in [1.807, 2.05) is 0 Å². The molecule has 0 saturated heterocycles. The van der Waals surface area contributed by atoms with Crippen molar-refractivity contribution >= 4 is 34.1 Å².